The number of carbonyl (C=O) groups excluding carboxylic acids is 1. The van der Waals surface area contributed by atoms with Crippen molar-refractivity contribution in [3.05, 3.63) is 59.2 Å². The highest BCUT2D eigenvalue weighted by atomic mass is 16.4. The predicted octanol–water partition coefficient (Wildman–Crippen LogP) is 3.52. The summed E-state index contributed by atoms with van der Waals surface area (Å²) in [6, 6.07) is 13.2. The fraction of sp³-hybridized carbons (Fsp3) is 0.346. The Hall–Kier alpha value is -3.79. The van der Waals surface area contributed by atoms with Crippen LogP contribution in [-0.4, -0.2) is 42.5 Å². The summed E-state index contributed by atoms with van der Waals surface area (Å²) >= 11 is 0. The van der Waals surface area contributed by atoms with Crippen LogP contribution in [0.5, 0.6) is 0 Å². The summed E-state index contributed by atoms with van der Waals surface area (Å²) in [6.45, 7) is 2.42. The Bertz CT molecular complexity index is 1110. The maximum Gasteiger partial charge on any atom is 0.312 e. The molecular weight excluding hydrogens is 416 g/mol. The molecule has 33 heavy (non-hydrogen) atoms. The number of anilines is 2. The van der Waals surface area contributed by atoms with E-state index < -0.39 is 12.4 Å². The Morgan fingerprint density at radius 3 is 2.55 bits per heavy atom. The van der Waals surface area contributed by atoms with Gasteiger partial charge in [-0.2, -0.15) is 0 Å². The first-order valence-corrected chi connectivity index (χ1v) is 11.0. The van der Waals surface area contributed by atoms with E-state index in [1.54, 1.807) is 11.0 Å². The number of aliphatic carboxylic acids is 1. The third-order valence-corrected chi connectivity index (χ3v) is 5.86. The number of nitrogens with zero attached hydrogens (tertiary/aromatic N) is 2. The molecule has 4 N–H and O–H groups in total. The van der Waals surface area contributed by atoms with Crippen molar-refractivity contribution in [2.24, 2.45) is 5.73 Å². The fourth-order valence-electron chi connectivity index (χ4n) is 4.18. The van der Waals surface area contributed by atoms with Crippen LogP contribution >= 0.6 is 0 Å². The number of nitrogen functional groups attached to an aromatic ring is 1. The molecule has 0 radical (unpaired) electrons. The molecule has 0 saturated heterocycles. The number of carbonyl (C=O) groups is 2. The Morgan fingerprint density at radius 1 is 1.18 bits per heavy atom. The number of carboxylic acids is 1. The highest BCUT2D eigenvalue weighted by Gasteiger charge is 2.30. The van der Waals surface area contributed by atoms with E-state index in [0.29, 0.717) is 12.1 Å². The molecule has 0 aliphatic heterocycles. The topological polar surface area (TPSA) is 111 Å². The average molecular weight is 447 g/mol. The van der Waals surface area contributed by atoms with Crippen LogP contribution in [0.25, 0.3) is 0 Å². The smallest absolute Gasteiger partial charge is 0.312 e. The SMILES string of the molecule is Cc1cc(C#CCN(C)c2cccc(C(=N)N)c2)ccc1N(C(=O)CC(=O)O)C1CCCC1. The molecule has 1 aliphatic carbocycles. The molecule has 1 aliphatic rings. The molecule has 7 nitrogen and oxygen atoms in total. The maximum atomic E-state index is 12.7. The average Bonchev–Trinajstić information content (AvgIpc) is 3.29. The van der Waals surface area contributed by atoms with Crippen molar-refractivity contribution in [1.29, 1.82) is 5.41 Å². The molecule has 0 atom stereocenters. The van der Waals surface area contributed by atoms with Gasteiger partial charge in [-0.25, -0.2) is 0 Å². The van der Waals surface area contributed by atoms with Crippen molar-refractivity contribution in [1.82, 2.24) is 0 Å². The van der Waals surface area contributed by atoms with Crippen LogP contribution in [0.1, 0.15) is 48.8 Å². The number of nitrogens with two attached hydrogens (primary N) is 1. The lowest BCUT2D eigenvalue weighted by molar-refractivity contribution is -0.140. The van der Waals surface area contributed by atoms with Gasteiger partial charge in [0.15, 0.2) is 0 Å². The summed E-state index contributed by atoms with van der Waals surface area (Å²) in [4.78, 5) is 27.5. The van der Waals surface area contributed by atoms with Gasteiger partial charge in [-0.1, -0.05) is 36.8 Å². The van der Waals surface area contributed by atoms with Gasteiger partial charge >= 0.3 is 5.97 Å². The summed E-state index contributed by atoms with van der Waals surface area (Å²) in [5.74, 6) is 4.87. The van der Waals surface area contributed by atoms with E-state index in [1.165, 1.54) is 0 Å². The molecular formula is C26H30N4O3. The highest BCUT2D eigenvalue weighted by molar-refractivity contribution is 6.03. The third kappa shape index (κ3) is 6.13. The van der Waals surface area contributed by atoms with E-state index in [2.05, 4.69) is 11.8 Å². The molecule has 1 fully saturated rings. The lowest BCUT2D eigenvalue weighted by atomic mass is 10.1. The number of hydrogen-bond acceptors (Lipinski definition) is 4. The Morgan fingerprint density at radius 2 is 1.91 bits per heavy atom. The van der Waals surface area contributed by atoms with Gasteiger partial charge in [0, 0.05) is 35.6 Å². The molecule has 0 spiro atoms. The van der Waals surface area contributed by atoms with Gasteiger partial charge in [-0.3, -0.25) is 15.0 Å². The van der Waals surface area contributed by atoms with Gasteiger partial charge in [0.2, 0.25) is 5.91 Å². The van der Waals surface area contributed by atoms with Crippen molar-refractivity contribution in [2.45, 2.75) is 45.1 Å². The number of nitrogens with one attached hydrogen (secondary N) is 1. The number of aryl methyl sites for hydroxylation is 1. The summed E-state index contributed by atoms with van der Waals surface area (Å²) < 4.78 is 0. The van der Waals surface area contributed by atoms with Crippen LogP contribution in [0.3, 0.4) is 0 Å². The summed E-state index contributed by atoms with van der Waals surface area (Å²) in [6.07, 6.45) is 3.38. The lowest BCUT2D eigenvalue weighted by Gasteiger charge is -2.30. The fourth-order valence-corrected chi connectivity index (χ4v) is 4.18. The van der Waals surface area contributed by atoms with E-state index in [-0.39, 0.29) is 17.8 Å². The molecule has 2 aromatic rings. The van der Waals surface area contributed by atoms with Gasteiger partial charge in [-0.05, 0) is 55.7 Å². The van der Waals surface area contributed by atoms with Crippen molar-refractivity contribution in [3.8, 4) is 11.8 Å². The molecule has 2 aromatic carbocycles. The van der Waals surface area contributed by atoms with E-state index in [4.69, 9.17) is 16.2 Å². The zero-order valence-electron chi connectivity index (χ0n) is 19.1. The number of hydrogen-bond donors (Lipinski definition) is 3. The van der Waals surface area contributed by atoms with Gasteiger partial charge in [0.25, 0.3) is 0 Å². The van der Waals surface area contributed by atoms with Crippen LogP contribution in [0, 0.1) is 24.2 Å². The largest absolute Gasteiger partial charge is 0.481 e. The van der Waals surface area contributed by atoms with E-state index in [0.717, 1.165) is 48.2 Å². The minimum absolute atomic E-state index is 0.0281. The van der Waals surface area contributed by atoms with Gasteiger partial charge in [-0.15, -0.1) is 0 Å². The van der Waals surface area contributed by atoms with E-state index in [1.807, 2.05) is 55.3 Å². The summed E-state index contributed by atoms with van der Waals surface area (Å²) in [7, 11) is 1.93. The molecule has 0 bridgehead atoms. The van der Waals surface area contributed by atoms with E-state index >= 15 is 0 Å². The molecule has 1 amide bonds. The number of amidine groups is 1. The van der Waals surface area contributed by atoms with Gasteiger partial charge in [0.05, 0.1) is 6.54 Å². The normalized spacial score (nSPS) is 13.2. The second-order valence-electron chi connectivity index (χ2n) is 8.40. The Balaban J connectivity index is 1.75. The first kappa shape index (κ1) is 23.9. The first-order chi connectivity index (χ1) is 15.8. The van der Waals surface area contributed by atoms with Crippen molar-refractivity contribution >= 4 is 29.1 Å². The van der Waals surface area contributed by atoms with Crippen LogP contribution in [0.4, 0.5) is 11.4 Å². The minimum Gasteiger partial charge on any atom is -0.481 e. The standard InChI is InChI=1S/C26H30N4O3/c1-18-15-19(7-6-14-29(2)22-11-5-8-20(16-22)26(27)28)12-13-23(18)30(21-9-3-4-10-21)24(31)17-25(32)33/h5,8,11-13,15-16,21H,3-4,9-10,14,17H2,1-2H3,(H3,27,28)(H,32,33). The summed E-state index contributed by atoms with van der Waals surface area (Å²) in [5, 5.41) is 16.7. The van der Waals surface area contributed by atoms with E-state index in [9.17, 15) is 9.59 Å². The Kier molecular flexibility index (Phi) is 7.73. The lowest BCUT2D eigenvalue weighted by Crippen LogP contribution is -2.40. The number of amides is 1. The van der Waals surface area contributed by atoms with Crippen LogP contribution in [-0.2, 0) is 9.59 Å². The molecule has 3 rings (SSSR count). The van der Waals surface area contributed by atoms with Gasteiger partial charge in [0.1, 0.15) is 12.3 Å². The van der Waals surface area contributed by atoms with Crippen molar-refractivity contribution in [3.63, 3.8) is 0 Å². The van der Waals surface area contributed by atoms with Crippen molar-refractivity contribution < 1.29 is 14.7 Å². The minimum atomic E-state index is -1.11. The quantitative estimate of drug-likeness (QED) is 0.261. The third-order valence-electron chi connectivity index (χ3n) is 5.86. The number of rotatable bonds is 7. The molecule has 7 heteroatoms. The zero-order chi connectivity index (χ0) is 24.0. The predicted molar refractivity (Wildman–Crippen MR) is 131 cm³/mol. The first-order valence-electron chi connectivity index (χ1n) is 11.0. The second-order valence-corrected chi connectivity index (χ2v) is 8.40. The number of benzene rings is 2. The maximum absolute atomic E-state index is 12.7. The van der Waals surface area contributed by atoms with Crippen LogP contribution < -0.4 is 15.5 Å². The zero-order valence-corrected chi connectivity index (χ0v) is 19.1. The summed E-state index contributed by atoms with van der Waals surface area (Å²) in [5.41, 5.74) is 9.66. The Labute approximate surface area is 194 Å². The highest BCUT2D eigenvalue weighted by Crippen LogP contribution is 2.31. The molecule has 0 heterocycles. The van der Waals surface area contributed by atoms with Crippen molar-refractivity contribution in [2.75, 3.05) is 23.4 Å². The van der Waals surface area contributed by atoms with Gasteiger partial charge < -0.3 is 20.6 Å². The monoisotopic (exact) mass is 446 g/mol. The molecule has 0 aromatic heterocycles. The molecule has 0 unspecified atom stereocenters. The molecule has 172 valence electrons. The van der Waals surface area contributed by atoms with Crippen LogP contribution in [0.2, 0.25) is 0 Å². The molecule has 1 saturated carbocycles. The van der Waals surface area contributed by atoms with Crippen LogP contribution in [0.15, 0.2) is 42.5 Å². The second kappa shape index (κ2) is 10.7. The number of carboxylic acid groups (broad SMARTS) is 1.